The fraction of sp³-hybridized carbons (Fsp3) is 0.222. The van der Waals surface area contributed by atoms with Crippen LogP contribution in [-0.2, 0) is 0 Å². The van der Waals surface area contributed by atoms with Crippen LogP contribution in [0.15, 0.2) is 36.4 Å². The molecule has 6 nitrogen and oxygen atoms in total. The second-order valence-electron chi connectivity index (χ2n) is 5.17. The van der Waals surface area contributed by atoms with Crippen molar-refractivity contribution in [2.75, 3.05) is 20.3 Å². The maximum absolute atomic E-state index is 12.3. The topological polar surface area (TPSA) is 71.1 Å². The maximum Gasteiger partial charge on any atom is 0.343 e. The van der Waals surface area contributed by atoms with E-state index in [2.05, 4.69) is 0 Å². The first-order valence-electron chi connectivity index (χ1n) is 7.39. The largest absolute Gasteiger partial charge is 0.493 e. The highest BCUT2D eigenvalue weighted by Gasteiger charge is 2.21. The SMILES string of the molecule is COc1cc(C(=O)Oc2ccc(C(C)=O)cc2)cc2c1OCCO2. The van der Waals surface area contributed by atoms with E-state index in [0.717, 1.165) is 0 Å². The second kappa shape index (κ2) is 6.62. The number of benzene rings is 2. The van der Waals surface area contributed by atoms with Gasteiger partial charge in [-0.1, -0.05) is 0 Å². The Balaban J connectivity index is 1.83. The number of carbonyl (C=O) groups excluding carboxylic acids is 2. The van der Waals surface area contributed by atoms with E-state index in [4.69, 9.17) is 18.9 Å². The van der Waals surface area contributed by atoms with Crippen LogP contribution in [0.25, 0.3) is 0 Å². The van der Waals surface area contributed by atoms with Crippen LogP contribution in [0.3, 0.4) is 0 Å². The van der Waals surface area contributed by atoms with Gasteiger partial charge in [-0.3, -0.25) is 4.79 Å². The highest BCUT2D eigenvalue weighted by atomic mass is 16.6. The van der Waals surface area contributed by atoms with Gasteiger partial charge in [0.1, 0.15) is 19.0 Å². The predicted octanol–water partition coefficient (Wildman–Crippen LogP) is 2.89. The van der Waals surface area contributed by atoms with E-state index in [-0.39, 0.29) is 11.3 Å². The van der Waals surface area contributed by atoms with E-state index in [1.807, 2.05) is 0 Å². The summed E-state index contributed by atoms with van der Waals surface area (Å²) in [6.07, 6.45) is 0. The third-order valence-electron chi connectivity index (χ3n) is 3.54. The van der Waals surface area contributed by atoms with Crippen molar-refractivity contribution in [1.82, 2.24) is 0 Å². The Kier molecular flexibility index (Phi) is 4.37. The van der Waals surface area contributed by atoms with Crippen LogP contribution in [0.5, 0.6) is 23.0 Å². The van der Waals surface area contributed by atoms with Crippen molar-refractivity contribution in [1.29, 1.82) is 0 Å². The van der Waals surface area contributed by atoms with Crippen LogP contribution in [-0.4, -0.2) is 32.1 Å². The molecule has 2 aromatic carbocycles. The number of methoxy groups -OCH3 is 1. The minimum atomic E-state index is -0.555. The molecule has 0 aliphatic carbocycles. The summed E-state index contributed by atoms with van der Waals surface area (Å²) in [5, 5.41) is 0. The smallest absolute Gasteiger partial charge is 0.343 e. The minimum Gasteiger partial charge on any atom is -0.493 e. The van der Waals surface area contributed by atoms with Crippen LogP contribution < -0.4 is 18.9 Å². The van der Waals surface area contributed by atoms with Crippen LogP contribution in [0.2, 0.25) is 0 Å². The van der Waals surface area contributed by atoms with Crippen molar-refractivity contribution in [3.8, 4) is 23.0 Å². The molecule has 0 fully saturated rings. The first kappa shape index (κ1) is 15.9. The van der Waals surface area contributed by atoms with E-state index in [9.17, 15) is 9.59 Å². The number of Topliss-reactive ketones (excluding diaryl/α,β-unsaturated/α-hetero) is 1. The molecule has 0 aromatic heterocycles. The normalized spacial score (nSPS) is 12.4. The predicted molar refractivity (Wildman–Crippen MR) is 85.4 cm³/mol. The Bertz CT molecular complexity index is 762. The van der Waals surface area contributed by atoms with Gasteiger partial charge in [-0.2, -0.15) is 0 Å². The second-order valence-corrected chi connectivity index (χ2v) is 5.17. The first-order valence-corrected chi connectivity index (χ1v) is 7.39. The Morgan fingerprint density at radius 3 is 2.38 bits per heavy atom. The lowest BCUT2D eigenvalue weighted by molar-refractivity contribution is 0.0733. The van der Waals surface area contributed by atoms with E-state index in [0.29, 0.717) is 41.8 Å². The lowest BCUT2D eigenvalue weighted by atomic mass is 10.1. The summed E-state index contributed by atoms with van der Waals surface area (Å²) in [6, 6.07) is 9.46. The fourth-order valence-electron chi connectivity index (χ4n) is 2.31. The van der Waals surface area contributed by atoms with Crippen molar-refractivity contribution >= 4 is 11.8 Å². The summed E-state index contributed by atoms with van der Waals surface area (Å²) < 4.78 is 21.6. The highest BCUT2D eigenvalue weighted by molar-refractivity contribution is 5.95. The molecule has 0 unspecified atom stereocenters. The summed E-state index contributed by atoms with van der Waals surface area (Å²) >= 11 is 0. The molecule has 24 heavy (non-hydrogen) atoms. The third kappa shape index (κ3) is 3.17. The highest BCUT2D eigenvalue weighted by Crippen LogP contribution is 2.40. The van der Waals surface area contributed by atoms with Crippen LogP contribution in [0.4, 0.5) is 0 Å². The van der Waals surface area contributed by atoms with Gasteiger partial charge < -0.3 is 18.9 Å². The minimum absolute atomic E-state index is 0.0514. The Morgan fingerprint density at radius 2 is 1.71 bits per heavy atom. The van der Waals surface area contributed by atoms with Crippen LogP contribution >= 0.6 is 0 Å². The number of carbonyl (C=O) groups is 2. The van der Waals surface area contributed by atoms with E-state index < -0.39 is 5.97 Å². The van der Waals surface area contributed by atoms with Crippen molar-refractivity contribution < 1.29 is 28.5 Å². The van der Waals surface area contributed by atoms with Crippen LogP contribution in [0.1, 0.15) is 27.6 Å². The van der Waals surface area contributed by atoms with E-state index in [1.54, 1.807) is 36.4 Å². The van der Waals surface area contributed by atoms with Gasteiger partial charge in [0, 0.05) is 5.56 Å². The molecule has 1 aliphatic rings. The zero-order valence-corrected chi connectivity index (χ0v) is 13.3. The van der Waals surface area contributed by atoms with Gasteiger partial charge in [-0.05, 0) is 43.3 Å². The number of hydrogen-bond acceptors (Lipinski definition) is 6. The molecule has 124 valence electrons. The lowest BCUT2D eigenvalue weighted by Crippen LogP contribution is -2.17. The molecule has 0 spiro atoms. The molecule has 0 N–H and O–H groups in total. The summed E-state index contributed by atoms with van der Waals surface area (Å²) in [5.74, 6) is 1.07. The monoisotopic (exact) mass is 328 g/mol. The molecule has 6 heteroatoms. The molecular weight excluding hydrogens is 312 g/mol. The van der Waals surface area contributed by atoms with Gasteiger partial charge in [-0.25, -0.2) is 4.79 Å². The van der Waals surface area contributed by atoms with Gasteiger partial charge >= 0.3 is 5.97 Å². The Hall–Kier alpha value is -3.02. The zero-order chi connectivity index (χ0) is 17.1. The molecular formula is C18H16O6. The molecule has 0 amide bonds. The average molecular weight is 328 g/mol. The average Bonchev–Trinajstić information content (AvgIpc) is 2.61. The maximum atomic E-state index is 12.3. The van der Waals surface area contributed by atoms with Gasteiger partial charge in [-0.15, -0.1) is 0 Å². The van der Waals surface area contributed by atoms with Crippen molar-refractivity contribution in [3.05, 3.63) is 47.5 Å². The number of ketones is 1. The number of fused-ring (bicyclic) bond motifs is 1. The fourth-order valence-corrected chi connectivity index (χ4v) is 2.31. The van der Waals surface area contributed by atoms with Gasteiger partial charge in [0.15, 0.2) is 17.3 Å². The molecule has 3 rings (SSSR count). The van der Waals surface area contributed by atoms with Gasteiger partial charge in [0.25, 0.3) is 0 Å². The Morgan fingerprint density at radius 1 is 1.00 bits per heavy atom. The van der Waals surface area contributed by atoms with Crippen molar-refractivity contribution in [2.24, 2.45) is 0 Å². The van der Waals surface area contributed by atoms with E-state index >= 15 is 0 Å². The van der Waals surface area contributed by atoms with Crippen molar-refractivity contribution in [2.45, 2.75) is 6.92 Å². The lowest BCUT2D eigenvalue weighted by Gasteiger charge is -2.21. The number of ether oxygens (including phenoxy) is 4. The quantitative estimate of drug-likeness (QED) is 0.488. The summed E-state index contributed by atoms with van der Waals surface area (Å²) in [4.78, 5) is 23.6. The molecule has 0 saturated carbocycles. The number of esters is 1. The molecule has 0 radical (unpaired) electrons. The summed E-state index contributed by atoms with van der Waals surface area (Å²) in [7, 11) is 1.49. The molecule has 0 saturated heterocycles. The molecule has 1 aliphatic heterocycles. The Labute approximate surface area is 138 Å². The van der Waals surface area contributed by atoms with Crippen molar-refractivity contribution in [3.63, 3.8) is 0 Å². The van der Waals surface area contributed by atoms with E-state index in [1.165, 1.54) is 14.0 Å². The molecule has 0 bridgehead atoms. The standard InChI is InChI=1S/C18H16O6/c1-11(19)12-3-5-14(6-4-12)24-18(20)13-9-15(21-2)17-16(10-13)22-7-8-23-17/h3-6,9-10H,7-8H2,1-2H3. The molecule has 0 atom stereocenters. The summed E-state index contributed by atoms with van der Waals surface area (Å²) in [5.41, 5.74) is 0.836. The first-order chi connectivity index (χ1) is 11.6. The van der Waals surface area contributed by atoms with Gasteiger partial charge in [0.2, 0.25) is 5.75 Å². The molecule has 1 heterocycles. The van der Waals surface area contributed by atoms with Crippen LogP contribution in [0, 0.1) is 0 Å². The zero-order valence-electron chi connectivity index (χ0n) is 13.3. The molecule has 2 aromatic rings. The summed E-state index contributed by atoms with van der Waals surface area (Å²) in [6.45, 7) is 2.30. The third-order valence-corrected chi connectivity index (χ3v) is 3.54. The number of hydrogen-bond donors (Lipinski definition) is 0. The van der Waals surface area contributed by atoms with Gasteiger partial charge in [0.05, 0.1) is 12.7 Å². The number of rotatable bonds is 4.